The molecule has 0 spiro atoms. The van der Waals surface area contributed by atoms with Gasteiger partial charge in [-0.1, -0.05) is 24.3 Å². The molecule has 0 amide bonds. The highest BCUT2D eigenvalue weighted by Crippen LogP contribution is 2.41. The van der Waals surface area contributed by atoms with Crippen LogP contribution >= 0.6 is 0 Å². The lowest BCUT2D eigenvalue weighted by Gasteiger charge is -2.16. The predicted molar refractivity (Wildman–Crippen MR) is 97.1 cm³/mol. The molecule has 2 aromatic carbocycles. The topological polar surface area (TPSA) is 71.1 Å². The third-order valence-corrected chi connectivity index (χ3v) is 4.50. The minimum absolute atomic E-state index is 0.235. The number of benzene rings is 2. The summed E-state index contributed by atoms with van der Waals surface area (Å²) in [7, 11) is -2.00. The van der Waals surface area contributed by atoms with Crippen molar-refractivity contribution in [3.05, 3.63) is 47.5 Å². The smallest absolute Gasteiger partial charge is 0.497 e. The molecule has 2 rings (SSSR count). The zero-order valence-corrected chi connectivity index (χ0v) is 15.9. The van der Waals surface area contributed by atoms with E-state index >= 15 is 0 Å². The van der Waals surface area contributed by atoms with E-state index in [0.29, 0.717) is 11.3 Å². The van der Waals surface area contributed by atoms with Crippen LogP contribution in [0.3, 0.4) is 0 Å². The van der Waals surface area contributed by atoms with Crippen LogP contribution in [0, 0.1) is 0 Å². The van der Waals surface area contributed by atoms with Gasteiger partial charge in [0.05, 0.1) is 21.3 Å². The minimum atomic E-state index is -5.88. The Hall–Kier alpha value is -2.88. The molecular weight excluding hydrogens is 401 g/mol. The quantitative estimate of drug-likeness (QED) is 0.383. The summed E-state index contributed by atoms with van der Waals surface area (Å²) in [4.78, 5) is 0. The molecule has 10 heteroatoms. The molecule has 0 unspecified atom stereocenters. The van der Waals surface area contributed by atoms with Crippen molar-refractivity contribution in [2.45, 2.75) is 5.51 Å². The fourth-order valence-corrected chi connectivity index (χ4v) is 2.62. The van der Waals surface area contributed by atoms with E-state index in [4.69, 9.17) is 14.2 Å². The Kier molecular flexibility index (Phi) is 6.45. The first-order valence-corrected chi connectivity index (χ1v) is 9.11. The Labute approximate surface area is 160 Å². The van der Waals surface area contributed by atoms with Crippen LogP contribution in [-0.2, 0) is 10.1 Å². The molecule has 0 saturated heterocycles. The highest BCUT2D eigenvalue weighted by Gasteiger charge is 2.49. The molecule has 0 aliphatic heterocycles. The Morgan fingerprint density at radius 2 is 1.32 bits per heavy atom. The number of methoxy groups -OCH3 is 3. The number of alkyl halides is 3. The van der Waals surface area contributed by atoms with E-state index in [0.717, 1.165) is 5.56 Å². The summed E-state index contributed by atoms with van der Waals surface area (Å²) < 4.78 is 79.7. The third kappa shape index (κ3) is 4.89. The second-order valence-corrected chi connectivity index (χ2v) is 6.88. The van der Waals surface area contributed by atoms with E-state index in [1.165, 1.54) is 26.4 Å². The van der Waals surface area contributed by atoms with Crippen molar-refractivity contribution in [3.8, 4) is 23.0 Å². The van der Waals surface area contributed by atoms with E-state index in [1.54, 1.807) is 43.5 Å². The Morgan fingerprint density at radius 3 is 1.75 bits per heavy atom. The van der Waals surface area contributed by atoms with Gasteiger partial charge in [0.15, 0.2) is 11.5 Å². The van der Waals surface area contributed by atoms with Crippen LogP contribution in [0.1, 0.15) is 11.1 Å². The normalized spacial score (nSPS) is 12.1. The van der Waals surface area contributed by atoms with Crippen LogP contribution in [-0.4, -0.2) is 35.3 Å². The van der Waals surface area contributed by atoms with Gasteiger partial charge in [-0.25, -0.2) is 0 Å². The lowest BCUT2D eigenvalue weighted by Crippen LogP contribution is -2.28. The number of hydrogen-bond acceptors (Lipinski definition) is 6. The summed E-state index contributed by atoms with van der Waals surface area (Å²) >= 11 is 0. The summed E-state index contributed by atoms with van der Waals surface area (Å²) in [6.45, 7) is 0. The summed E-state index contributed by atoms with van der Waals surface area (Å²) in [5.74, 6) is -0.472. The second-order valence-electron chi connectivity index (χ2n) is 5.34. The average Bonchev–Trinajstić information content (AvgIpc) is 2.66. The first kappa shape index (κ1) is 21.4. The van der Waals surface area contributed by atoms with Crippen molar-refractivity contribution in [1.82, 2.24) is 0 Å². The molecule has 0 N–H and O–H groups in total. The zero-order chi connectivity index (χ0) is 20.9. The molecule has 0 saturated carbocycles. The van der Waals surface area contributed by atoms with Crippen molar-refractivity contribution < 1.29 is 40.0 Å². The number of ether oxygens (including phenoxy) is 3. The average molecular weight is 418 g/mol. The maximum absolute atomic E-state index is 12.6. The Morgan fingerprint density at radius 1 is 0.821 bits per heavy atom. The van der Waals surface area contributed by atoms with Gasteiger partial charge in [-0.3, -0.25) is 0 Å². The minimum Gasteiger partial charge on any atom is -0.497 e. The van der Waals surface area contributed by atoms with Gasteiger partial charge in [-0.2, -0.15) is 21.6 Å². The molecule has 0 heterocycles. The molecule has 0 bridgehead atoms. The molecule has 0 atom stereocenters. The van der Waals surface area contributed by atoms with Gasteiger partial charge >= 0.3 is 15.6 Å². The molecular formula is C18H17F3O6S. The fraction of sp³-hybridized carbons (Fsp3) is 0.222. The third-order valence-electron chi connectivity index (χ3n) is 3.54. The van der Waals surface area contributed by atoms with Gasteiger partial charge < -0.3 is 18.4 Å². The first-order valence-electron chi connectivity index (χ1n) is 7.70. The van der Waals surface area contributed by atoms with Gasteiger partial charge in [-0.15, -0.1) is 0 Å². The highest BCUT2D eigenvalue weighted by molar-refractivity contribution is 7.88. The number of halogens is 3. The van der Waals surface area contributed by atoms with Crippen molar-refractivity contribution in [2.24, 2.45) is 0 Å². The van der Waals surface area contributed by atoms with E-state index in [9.17, 15) is 21.6 Å². The molecule has 2 aromatic rings. The van der Waals surface area contributed by atoms with Gasteiger partial charge in [-0.05, 0) is 35.4 Å². The van der Waals surface area contributed by atoms with E-state index < -0.39 is 21.4 Å². The van der Waals surface area contributed by atoms with Gasteiger partial charge in [0.2, 0.25) is 5.75 Å². The van der Waals surface area contributed by atoms with Crippen LogP contribution < -0.4 is 18.4 Å². The maximum Gasteiger partial charge on any atom is 0.534 e. The van der Waals surface area contributed by atoms with E-state index in [1.807, 2.05) is 0 Å². The van der Waals surface area contributed by atoms with Gasteiger partial charge in [0.25, 0.3) is 0 Å². The molecule has 0 fully saturated rings. The number of hydrogen-bond donors (Lipinski definition) is 0. The molecule has 0 aliphatic carbocycles. The highest BCUT2D eigenvalue weighted by atomic mass is 32.2. The van der Waals surface area contributed by atoms with Crippen LogP contribution in [0.25, 0.3) is 12.2 Å². The van der Waals surface area contributed by atoms with Crippen LogP contribution in [0.4, 0.5) is 13.2 Å². The zero-order valence-electron chi connectivity index (χ0n) is 15.1. The lowest BCUT2D eigenvalue weighted by atomic mass is 10.1. The fourth-order valence-electron chi connectivity index (χ4n) is 2.14. The van der Waals surface area contributed by atoms with Crippen molar-refractivity contribution >= 4 is 22.3 Å². The largest absolute Gasteiger partial charge is 0.534 e. The molecule has 28 heavy (non-hydrogen) atoms. The molecule has 0 radical (unpaired) electrons. The maximum atomic E-state index is 12.6. The predicted octanol–water partition coefficient (Wildman–Crippen LogP) is 4.11. The van der Waals surface area contributed by atoms with Crippen LogP contribution in [0.2, 0.25) is 0 Å². The van der Waals surface area contributed by atoms with Crippen LogP contribution in [0.15, 0.2) is 36.4 Å². The molecule has 0 aliphatic rings. The Bertz CT molecular complexity index is 925. The molecule has 0 aromatic heterocycles. The standard InChI is InChI=1S/C18H17F3O6S/c1-24-14-8-6-12(7-9-14)4-5-13-10-15(25-2)17(16(11-13)26-3)27-28(22,23)18(19,20)21/h4-11H,1-3H3. The second kappa shape index (κ2) is 8.42. The number of rotatable bonds is 7. The summed E-state index contributed by atoms with van der Waals surface area (Å²) in [5.41, 5.74) is -4.27. The monoisotopic (exact) mass is 418 g/mol. The summed E-state index contributed by atoms with van der Waals surface area (Å²) in [6.07, 6.45) is 3.38. The SMILES string of the molecule is COc1ccc(C=Cc2cc(OC)c(OS(=O)(=O)C(F)(F)F)c(OC)c2)cc1. The first-order chi connectivity index (χ1) is 13.1. The molecule has 152 valence electrons. The van der Waals surface area contributed by atoms with Gasteiger partial charge in [0.1, 0.15) is 5.75 Å². The van der Waals surface area contributed by atoms with E-state index in [2.05, 4.69) is 4.18 Å². The summed E-state index contributed by atoms with van der Waals surface area (Å²) in [6, 6.07) is 9.78. The van der Waals surface area contributed by atoms with E-state index in [-0.39, 0.29) is 11.5 Å². The molecule has 6 nitrogen and oxygen atoms in total. The van der Waals surface area contributed by atoms with Gasteiger partial charge in [0, 0.05) is 0 Å². The lowest BCUT2D eigenvalue weighted by molar-refractivity contribution is -0.0501. The Balaban J connectivity index is 2.40. The van der Waals surface area contributed by atoms with Crippen molar-refractivity contribution in [1.29, 1.82) is 0 Å². The van der Waals surface area contributed by atoms with Crippen molar-refractivity contribution in [3.63, 3.8) is 0 Å². The van der Waals surface area contributed by atoms with Crippen molar-refractivity contribution in [2.75, 3.05) is 21.3 Å². The van der Waals surface area contributed by atoms with Crippen LogP contribution in [0.5, 0.6) is 23.0 Å². The summed E-state index contributed by atoms with van der Waals surface area (Å²) in [5, 5.41) is 0.